The molecule has 1 rings (SSSR count). The van der Waals surface area contributed by atoms with Crippen molar-refractivity contribution in [2.75, 3.05) is 13.1 Å². The van der Waals surface area contributed by atoms with Crippen LogP contribution in [0.15, 0.2) is 0 Å². The first-order valence-electron chi connectivity index (χ1n) is 6.07. The van der Waals surface area contributed by atoms with Crippen LogP contribution in [0, 0.1) is 0 Å². The molecule has 84 valence electrons. The molecule has 0 radical (unpaired) electrons. The summed E-state index contributed by atoms with van der Waals surface area (Å²) in [4.78, 5) is 2.52. The first-order chi connectivity index (χ1) is 6.56. The molecule has 0 aromatic rings. The molecule has 0 atom stereocenters. The molecule has 0 aliphatic carbocycles. The van der Waals surface area contributed by atoms with Crippen molar-refractivity contribution < 1.29 is 0 Å². The van der Waals surface area contributed by atoms with Gasteiger partial charge in [0.25, 0.3) is 0 Å². The van der Waals surface area contributed by atoms with E-state index < -0.39 is 0 Å². The first kappa shape index (κ1) is 12.0. The molecule has 0 aromatic heterocycles. The van der Waals surface area contributed by atoms with Crippen LogP contribution in [0.25, 0.3) is 0 Å². The summed E-state index contributed by atoms with van der Waals surface area (Å²) in [6.07, 6.45) is 6.79. The molecular weight excluding hydrogens is 172 g/mol. The lowest BCUT2D eigenvalue weighted by molar-refractivity contribution is 0.0300. The molecule has 1 saturated heterocycles. The zero-order chi connectivity index (χ0) is 10.6. The van der Waals surface area contributed by atoms with Crippen LogP contribution in [-0.2, 0) is 0 Å². The first-order valence-corrected chi connectivity index (χ1v) is 6.07. The van der Waals surface area contributed by atoms with Gasteiger partial charge in [0.05, 0.1) is 0 Å². The van der Waals surface area contributed by atoms with Crippen molar-refractivity contribution in [2.24, 2.45) is 5.73 Å². The summed E-state index contributed by atoms with van der Waals surface area (Å²) >= 11 is 0. The Kier molecular flexibility index (Phi) is 4.39. The third-order valence-corrected chi connectivity index (χ3v) is 3.41. The van der Waals surface area contributed by atoms with E-state index in [0.717, 1.165) is 13.1 Å². The minimum Gasteiger partial charge on any atom is -0.325 e. The van der Waals surface area contributed by atoms with Crippen LogP contribution in [0.5, 0.6) is 0 Å². The Morgan fingerprint density at radius 3 is 2.36 bits per heavy atom. The fourth-order valence-electron chi connectivity index (χ4n) is 2.15. The minimum atomic E-state index is 0.379. The zero-order valence-corrected chi connectivity index (χ0v) is 10.1. The van der Waals surface area contributed by atoms with Gasteiger partial charge >= 0.3 is 0 Å². The van der Waals surface area contributed by atoms with E-state index in [1.165, 1.54) is 32.1 Å². The molecule has 1 aliphatic heterocycles. The second-order valence-corrected chi connectivity index (χ2v) is 5.29. The van der Waals surface area contributed by atoms with Crippen LogP contribution in [0.4, 0.5) is 0 Å². The van der Waals surface area contributed by atoms with E-state index in [4.69, 9.17) is 5.73 Å². The molecule has 2 N–H and O–H groups in total. The number of likely N-dealkylation sites (tertiary alicyclic amines) is 1. The van der Waals surface area contributed by atoms with Crippen molar-refractivity contribution in [2.45, 2.75) is 64.5 Å². The van der Waals surface area contributed by atoms with Crippen molar-refractivity contribution in [1.82, 2.24) is 4.90 Å². The molecule has 1 aliphatic rings. The summed E-state index contributed by atoms with van der Waals surface area (Å²) in [6.45, 7) is 9.16. The summed E-state index contributed by atoms with van der Waals surface area (Å²) in [5.74, 6) is 0. The van der Waals surface area contributed by atoms with Gasteiger partial charge in [-0.25, -0.2) is 0 Å². The minimum absolute atomic E-state index is 0.379. The predicted molar refractivity (Wildman–Crippen MR) is 62.4 cm³/mol. The van der Waals surface area contributed by atoms with Gasteiger partial charge < -0.3 is 5.73 Å². The average molecular weight is 198 g/mol. The number of rotatable bonds is 6. The van der Waals surface area contributed by atoms with E-state index in [9.17, 15) is 0 Å². The van der Waals surface area contributed by atoms with Crippen LogP contribution < -0.4 is 5.73 Å². The van der Waals surface area contributed by atoms with Gasteiger partial charge in [-0.2, -0.15) is 0 Å². The van der Waals surface area contributed by atoms with Gasteiger partial charge in [0, 0.05) is 24.7 Å². The van der Waals surface area contributed by atoms with Crippen LogP contribution in [0.3, 0.4) is 0 Å². The topological polar surface area (TPSA) is 29.3 Å². The summed E-state index contributed by atoms with van der Waals surface area (Å²) < 4.78 is 0. The molecule has 0 spiro atoms. The number of nitrogens with two attached hydrogens (primary N) is 1. The number of nitrogens with zero attached hydrogens (tertiary/aromatic N) is 1. The monoisotopic (exact) mass is 198 g/mol. The Bertz CT molecular complexity index is 160. The Labute approximate surface area is 88.8 Å². The van der Waals surface area contributed by atoms with Gasteiger partial charge in [-0.05, 0) is 20.3 Å². The van der Waals surface area contributed by atoms with E-state index in [1.54, 1.807) is 0 Å². The third kappa shape index (κ3) is 3.25. The molecule has 0 unspecified atom stereocenters. The Morgan fingerprint density at radius 1 is 1.21 bits per heavy atom. The molecule has 1 fully saturated rings. The molecule has 0 amide bonds. The highest BCUT2D eigenvalue weighted by molar-refractivity contribution is 4.93. The van der Waals surface area contributed by atoms with Crippen molar-refractivity contribution in [3.63, 3.8) is 0 Å². The highest BCUT2D eigenvalue weighted by Gasteiger charge is 2.34. The van der Waals surface area contributed by atoms with Gasteiger partial charge in [-0.1, -0.05) is 32.6 Å². The molecule has 0 saturated carbocycles. The second-order valence-electron chi connectivity index (χ2n) is 5.29. The maximum Gasteiger partial charge on any atom is 0.0297 e. The Morgan fingerprint density at radius 2 is 1.86 bits per heavy atom. The number of hydrogen-bond acceptors (Lipinski definition) is 2. The van der Waals surface area contributed by atoms with E-state index in [-0.39, 0.29) is 0 Å². The maximum atomic E-state index is 5.80. The second kappa shape index (κ2) is 5.13. The largest absolute Gasteiger partial charge is 0.325 e. The van der Waals surface area contributed by atoms with Gasteiger partial charge in [0.15, 0.2) is 0 Å². The predicted octanol–water partition coefficient (Wildman–Crippen LogP) is 2.38. The smallest absolute Gasteiger partial charge is 0.0297 e. The summed E-state index contributed by atoms with van der Waals surface area (Å²) in [7, 11) is 0. The SMILES string of the molecule is CCCCCCC(C)(C)N1CC(N)C1. The van der Waals surface area contributed by atoms with Crippen LogP contribution >= 0.6 is 0 Å². The van der Waals surface area contributed by atoms with Gasteiger partial charge in [-0.3, -0.25) is 4.90 Å². The van der Waals surface area contributed by atoms with E-state index in [0.29, 0.717) is 11.6 Å². The van der Waals surface area contributed by atoms with Crippen molar-refractivity contribution in [3.8, 4) is 0 Å². The van der Waals surface area contributed by atoms with Crippen LogP contribution in [-0.4, -0.2) is 29.6 Å². The molecule has 0 aromatic carbocycles. The van der Waals surface area contributed by atoms with E-state index in [1.807, 2.05) is 0 Å². The lowest BCUT2D eigenvalue weighted by atomic mass is 9.90. The molecular formula is C12H26N2. The van der Waals surface area contributed by atoms with E-state index >= 15 is 0 Å². The van der Waals surface area contributed by atoms with Crippen molar-refractivity contribution in [3.05, 3.63) is 0 Å². The van der Waals surface area contributed by atoms with Gasteiger partial charge in [-0.15, -0.1) is 0 Å². The van der Waals surface area contributed by atoms with Crippen LogP contribution in [0.1, 0.15) is 52.9 Å². The van der Waals surface area contributed by atoms with Crippen molar-refractivity contribution in [1.29, 1.82) is 0 Å². The maximum absolute atomic E-state index is 5.80. The fourth-order valence-corrected chi connectivity index (χ4v) is 2.15. The van der Waals surface area contributed by atoms with E-state index in [2.05, 4.69) is 25.7 Å². The molecule has 2 nitrogen and oxygen atoms in total. The summed E-state index contributed by atoms with van der Waals surface area (Å²) in [5, 5.41) is 0. The molecule has 2 heteroatoms. The molecule has 0 bridgehead atoms. The highest BCUT2D eigenvalue weighted by atomic mass is 15.3. The van der Waals surface area contributed by atoms with Gasteiger partial charge in [0.2, 0.25) is 0 Å². The Hall–Kier alpha value is -0.0800. The lowest BCUT2D eigenvalue weighted by Crippen LogP contribution is -2.63. The van der Waals surface area contributed by atoms with Crippen LogP contribution in [0.2, 0.25) is 0 Å². The van der Waals surface area contributed by atoms with Gasteiger partial charge in [0.1, 0.15) is 0 Å². The highest BCUT2D eigenvalue weighted by Crippen LogP contribution is 2.26. The average Bonchev–Trinajstić information content (AvgIpc) is 2.07. The normalized spacial score (nSPS) is 19.7. The number of unbranched alkanes of at least 4 members (excludes halogenated alkanes) is 3. The number of hydrogen-bond donors (Lipinski definition) is 1. The van der Waals surface area contributed by atoms with Crippen molar-refractivity contribution >= 4 is 0 Å². The summed E-state index contributed by atoms with van der Waals surface area (Å²) in [5.41, 5.74) is 6.18. The molecule has 1 heterocycles. The fraction of sp³-hybridized carbons (Fsp3) is 1.00. The standard InChI is InChI=1S/C12H26N2/c1-4-5-6-7-8-12(2,3)14-9-11(13)10-14/h11H,4-10,13H2,1-3H3. The molecule has 14 heavy (non-hydrogen) atoms. The Balaban J connectivity index is 2.14. The quantitative estimate of drug-likeness (QED) is 0.664. The third-order valence-electron chi connectivity index (χ3n) is 3.41. The zero-order valence-electron chi connectivity index (χ0n) is 10.1. The summed E-state index contributed by atoms with van der Waals surface area (Å²) in [6, 6.07) is 0.435. The lowest BCUT2D eigenvalue weighted by Gasteiger charge is -2.48.